The van der Waals surface area contributed by atoms with E-state index in [1.165, 1.54) is 11.1 Å². The lowest BCUT2D eigenvalue weighted by atomic mass is 10.00. The van der Waals surface area contributed by atoms with E-state index >= 15 is 0 Å². The average molecular weight is 241 g/mol. The number of hydrogen-bond acceptors (Lipinski definition) is 3. The van der Waals surface area contributed by atoms with Gasteiger partial charge in [0, 0.05) is 17.8 Å². The van der Waals surface area contributed by atoms with Gasteiger partial charge in [-0.1, -0.05) is 6.07 Å². The van der Waals surface area contributed by atoms with Crippen LogP contribution in [0.3, 0.4) is 0 Å². The number of aryl methyl sites for hydroxylation is 1. The number of pyridine rings is 1. The molecule has 0 fully saturated rings. The molecule has 3 nitrogen and oxygen atoms in total. The Morgan fingerprint density at radius 2 is 2.06 bits per heavy atom. The second kappa shape index (κ2) is 4.69. The Balaban J connectivity index is 1.95. The van der Waals surface area contributed by atoms with E-state index in [2.05, 4.69) is 17.1 Å². The fraction of sp³-hybridized carbons (Fsp3) is 0.267. The van der Waals surface area contributed by atoms with Crippen LogP contribution in [-0.2, 0) is 6.42 Å². The van der Waals surface area contributed by atoms with Crippen molar-refractivity contribution in [3.63, 3.8) is 0 Å². The van der Waals surface area contributed by atoms with Crippen LogP contribution in [0.4, 0.5) is 0 Å². The number of rotatable bonds is 2. The topological polar surface area (TPSA) is 31.4 Å². The minimum absolute atomic E-state index is 0.639. The molecule has 0 saturated heterocycles. The van der Waals surface area contributed by atoms with Crippen molar-refractivity contribution < 1.29 is 9.47 Å². The lowest BCUT2D eigenvalue weighted by Crippen LogP contribution is -2.08. The molecule has 0 atom stereocenters. The maximum atomic E-state index is 5.62. The molecule has 1 aromatic carbocycles. The molecule has 1 aliphatic heterocycles. The van der Waals surface area contributed by atoms with Crippen molar-refractivity contribution in [2.45, 2.75) is 12.8 Å². The van der Waals surface area contributed by atoms with Crippen LogP contribution in [0.5, 0.6) is 11.6 Å². The van der Waals surface area contributed by atoms with Gasteiger partial charge in [0.05, 0.1) is 13.7 Å². The first-order valence-electron chi connectivity index (χ1n) is 6.13. The zero-order chi connectivity index (χ0) is 12.4. The Kier molecular flexibility index (Phi) is 2.89. The summed E-state index contributed by atoms with van der Waals surface area (Å²) in [6.45, 7) is 0.830. The van der Waals surface area contributed by atoms with E-state index in [1.54, 1.807) is 7.11 Å². The molecular formula is C15H15NO2. The molecule has 18 heavy (non-hydrogen) atoms. The summed E-state index contributed by atoms with van der Waals surface area (Å²) in [4.78, 5) is 4.23. The summed E-state index contributed by atoms with van der Waals surface area (Å²) in [6.07, 6.45) is 4.02. The van der Waals surface area contributed by atoms with E-state index in [4.69, 9.17) is 9.47 Å². The summed E-state index contributed by atoms with van der Waals surface area (Å²) in [6, 6.07) is 10.2. The SMILES string of the molecule is COc1ccc(-c2ccc3c(c2)CCCO3)cn1. The highest BCUT2D eigenvalue weighted by Gasteiger charge is 2.11. The van der Waals surface area contributed by atoms with Crippen molar-refractivity contribution >= 4 is 0 Å². The van der Waals surface area contributed by atoms with Crippen molar-refractivity contribution in [2.24, 2.45) is 0 Å². The Labute approximate surface area is 106 Å². The molecule has 0 bridgehead atoms. The lowest BCUT2D eigenvalue weighted by Gasteiger charge is -2.17. The Bertz CT molecular complexity index is 549. The molecule has 2 aromatic rings. The third-order valence-corrected chi connectivity index (χ3v) is 3.19. The van der Waals surface area contributed by atoms with Crippen LogP contribution in [0.2, 0.25) is 0 Å². The standard InChI is InChI=1S/C15H15NO2/c1-17-15-7-5-13(10-16-15)11-4-6-14-12(9-11)3-2-8-18-14/h4-7,9-10H,2-3,8H2,1H3. The zero-order valence-electron chi connectivity index (χ0n) is 10.3. The lowest BCUT2D eigenvalue weighted by molar-refractivity contribution is 0.288. The second-order valence-electron chi connectivity index (χ2n) is 4.36. The smallest absolute Gasteiger partial charge is 0.212 e. The summed E-state index contributed by atoms with van der Waals surface area (Å²) in [5, 5.41) is 0. The normalized spacial score (nSPS) is 13.6. The molecule has 2 heterocycles. The van der Waals surface area contributed by atoms with E-state index in [1.807, 2.05) is 24.4 Å². The van der Waals surface area contributed by atoms with Crippen LogP contribution in [0.15, 0.2) is 36.5 Å². The van der Waals surface area contributed by atoms with Crippen LogP contribution in [0.1, 0.15) is 12.0 Å². The van der Waals surface area contributed by atoms with Gasteiger partial charge in [-0.25, -0.2) is 4.98 Å². The van der Waals surface area contributed by atoms with Crippen LogP contribution in [-0.4, -0.2) is 18.7 Å². The quantitative estimate of drug-likeness (QED) is 0.809. The summed E-state index contributed by atoms with van der Waals surface area (Å²) < 4.78 is 10.7. The molecule has 0 radical (unpaired) electrons. The predicted octanol–water partition coefficient (Wildman–Crippen LogP) is 3.08. The molecule has 92 valence electrons. The van der Waals surface area contributed by atoms with Gasteiger partial charge < -0.3 is 9.47 Å². The molecule has 1 aliphatic rings. The first kappa shape index (κ1) is 11.1. The van der Waals surface area contributed by atoms with Crippen LogP contribution < -0.4 is 9.47 Å². The highest BCUT2D eigenvalue weighted by atomic mass is 16.5. The fourth-order valence-corrected chi connectivity index (χ4v) is 2.21. The Morgan fingerprint density at radius 1 is 1.17 bits per heavy atom. The third-order valence-electron chi connectivity index (χ3n) is 3.19. The predicted molar refractivity (Wildman–Crippen MR) is 70.0 cm³/mol. The van der Waals surface area contributed by atoms with E-state index in [0.717, 1.165) is 30.8 Å². The highest BCUT2D eigenvalue weighted by Crippen LogP contribution is 2.30. The van der Waals surface area contributed by atoms with Crippen LogP contribution in [0.25, 0.3) is 11.1 Å². The minimum atomic E-state index is 0.639. The highest BCUT2D eigenvalue weighted by molar-refractivity contribution is 5.65. The number of fused-ring (bicyclic) bond motifs is 1. The monoisotopic (exact) mass is 241 g/mol. The van der Waals surface area contributed by atoms with Gasteiger partial charge in [-0.05, 0) is 42.2 Å². The average Bonchev–Trinajstić information content (AvgIpc) is 2.47. The number of nitrogens with zero attached hydrogens (tertiary/aromatic N) is 1. The van der Waals surface area contributed by atoms with E-state index < -0.39 is 0 Å². The fourth-order valence-electron chi connectivity index (χ4n) is 2.21. The van der Waals surface area contributed by atoms with Gasteiger partial charge in [0.2, 0.25) is 5.88 Å². The van der Waals surface area contributed by atoms with Gasteiger partial charge in [-0.2, -0.15) is 0 Å². The molecule has 3 heteroatoms. The van der Waals surface area contributed by atoms with Crippen LogP contribution in [0, 0.1) is 0 Å². The molecule has 0 unspecified atom stereocenters. The molecule has 0 aliphatic carbocycles. The van der Waals surface area contributed by atoms with Crippen molar-refractivity contribution in [1.29, 1.82) is 0 Å². The minimum Gasteiger partial charge on any atom is -0.493 e. The van der Waals surface area contributed by atoms with Gasteiger partial charge in [0.15, 0.2) is 0 Å². The van der Waals surface area contributed by atoms with Crippen molar-refractivity contribution in [3.8, 4) is 22.8 Å². The van der Waals surface area contributed by atoms with E-state index in [9.17, 15) is 0 Å². The number of methoxy groups -OCH3 is 1. The molecule has 0 N–H and O–H groups in total. The summed E-state index contributed by atoms with van der Waals surface area (Å²) >= 11 is 0. The molecule has 0 amide bonds. The van der Waals surface area contributed by atoms with E-state index in [-0.39, 0.29) is 0 Å². The molecule has 1 aromatic heterocycles. The number of aromatic nitrogens is 1. The van der Waals surface area contributed by atoms with Gasteiger partial charge in [0.25, 0.3) is 0 Å². The van der Waals surface area contributed by atoms with Crippen molar-refractivity contribution in [1.82, 2.24) is 4.98 Å². The first-order valence-corrected chi connectivity index (χ1v) is 6.13. The van der Waals surface area contributed by atoms with Crippen LogP contribution >= 0.6 is 0 Å². The van der Waals surface area contributed by atoms with Gasteiger partial charge in [-0.3, -0.25) is 0 Å². The van der Waals surface area contributed by atoms with Gasteiger partial charge in [-0.15, -0.1) is 0 Å². The molecule has 0 saturated carbocycles. The summed E-state index contributed by atoms with van der Waals surface area (Å²) in [5.41, 5.74) is 3.56. The largest absolute Gasteiger partial charge is 0.493 e. The van der Waals surface area contributed by atoms with Gasteiger partial charge >= 0.3 is 0 Å². The first-order chi connectivity index (χ1) is 8.86. The zero-order valence-corrected chi connectivity index (χ0v) is 10.3. The third kappa shape index (κ3) is 2.04. The number of benzene rings is 1. The van der Waals surface area contributed by atoms with Crippen molar-refractivity contribution in [2.75, 3.05) is 13.7 Å². The maximum Gasteiger partial charge on any atom is 0.212 e. The van der Waals surface area contributed by atoms with Crippen molar-refractivity contribution in [3.05, 3.63) is 42.1 Å². The molecule has 0 spiro atoms. The Hall–Kier alpha value is -2.03. The second-order valence-corrected chi connectivity index (χ2v) is 4.36. The maximum absolute atomic E-state index is 5.62. The summed E-state index contributed by atoms with van der Waals surface area (Å²) in [7, 11) is 1.62. The summed E-state index contributed by atoms with van der Waals surface area (Å²) in [5.74, 6) is 1.66. The molecule has 3 rings (SSSR count). The van der Waals surface area contributed by atoms with E-state index in [0.29, 0.717) is 5.88 Å². The number of hydrogen-bond donors (Lipinski definition) is 0. The Morgan fingerprint density at radius 3 is 2.83 bits per heavy atom. The number of ether oxygens (including phenoxy) is 2. The molecular weight excluding hydrogens is 226 g/mol. The van der Waals surface area contributed by atoms with Gasteiger partial charge in [0.1, 0.15) is 5.75 Å².